The van der Waals surface area contributed by atoms with Crippen LogP contribution in [0.4, 0.5) is 8.78 Å². The second-order valence-corrected chi connectivity index (χ2v) is 3.19. The summed E-state index contributed by atoms with van der Waals surface area (Å²) in [6, 6.07) is 1.45. The van der Waals surface area contributed by atoms with Crippen LogP contribution in [0.25, 0.3) is 0 Å². The van der Waals surface area contributed by atoms with Gasteiger partial charge in [0, 0.05) is 6.07 Å². The molecule has 1 aromatic heterocycles. The van der Waals surface area contributed by atoms with E-state index >= 15 is 0 Å². The average Bonchev–Trinajstić information content (AvgIpc) is 2.31. The van der Waals surface area contributed by atoms with E-state index in [0.29, 0.717) is 9.99 Å². The number of hydrogen-bond donors (Lipinski definition) is 0. The molecule has 6 heteroatoms. The number of aromatic nitrogens is 2. The summed E-state index contributed by atoms with van der Waals surface area (Å²) in [6.07, 6.45) is -1.91. The van der Waals surface area contributed by atoms with Crippen molar-refractivity contribution < 1.29 is 13.6 Å². The lowest BCUT2D eigenvalue weighted by Crippen LogP contribution is -2.09. The molecule has 0 saturated carbocycles. The van der Waals surface area contributed by atoms with E-state index in [1.807, 2.05) is 22.6 Å². The molecule has 0 aliphatic heterocycles. The van der Waals surface area contributed by atoms with Crippen LogP contribution in [0.3, 0.4) is 0 Å². The van der Waals surface area contributed by atoms with Crippen molar-refractivity contribution in [2.75, 3.05) is 0 Å². The Balaban J connectivity index is 2.84. The van der Waals surface area contributed by atoms with Crippen LogP contribution in [-0.4, -0.2) is 22.5 Å². The fraction of sp³-hybridized carbons (Fsp3) is 0.333. The predicted octanol–water partition coefficient (Wildman–Crippen LogP) is 1.57. The van der Waals surface area contributed by atoms with Crippen LogP contribution in [0.1, 0.15) is 10.5 Å². The summed E-state index contributed by atoms with van der Waals surface area (Å²) in [6.45, 7) is -0.466. The molecule has 0 fully saturated rings. The van der Waals surface area contributed by atoms with Gasteiger partial charge in [0.15, 0.2) is 6.29 Å². The Hall–Kier alpha value is -0.530. The van der Waals surface area contributed by atoms with Crippen LogP contribution >= 0.6 is 22.6 Å². The zero-order valence-corrected chi connectivity index (χ0v) is 8.03. The highest BCUT2D eigenvalue weighted by atomic mass is 127. The van der Waals surface area contributed by atoms with Gasteiger partial charge in [-0.3, -0.25) is 9.48 Å². The summed E-state index contributed by atoms with van der Waals surface area (Å²) in [5.74, 6) is 0. The van der Waals surface area contributed by atoms with Crippen molar-refractivity contribution >= 4 is 28.9 Å². The summed E-state index contributed by atoms with van der Waals surface area (Å²) in [4.78, 5) is 10.2. The highest BCUT2D eigenvalue weighted by Gasteiger charge is 2.09. The van der Waals surface area contributed by atoms with Gasteiger partial charge in [-0.1, -0.05) is 0 Å². The Kier molecular flexibility index (Phi) is 3.12. The highest BCUT2D eigenvalue weighted by Crippen LogP contribution is 2.08. The molecule has 0 aliphatic rings. The Morgan fingerprint density at radius 2 is 2.42 bits per heavy atom. The zero-order valence-electron chi connectivity index (χ0n) is 5.88. The standard InChI is InChI=1S/C6H5F2IN2O/c7-5(8)2-11-6(9)1-4(3-12)10-11/h1,3,5H,2H2. The maximum absolute atomic E-state index is 11.9. The number of aldehydes is 1. The van der Waals surface area contributed by atoms with E-state index in [1.165, 1.54) is 6.07 Å². The second kappa shape index (κ2) is 3.92. The number of halogens is 3. The quantitative estimate of drug-likeness (QED) is 0.624. The van der Waals surface area contributed by atoms with Gasteiger partial charge in [-0.05, 0) is 22.6 Å². The van der Waals surface area contributed by atoms with E-state index in [2.05, 4.69) is 5.10 Å². The van der Waals surface area contributed by atoms with Crippen molar-refractivity contribution in [1.82, 2.24) is 9.78 Å². The topological polar surface area (TPSA) is 34.9 Å². The van der Waals surface area contributed by atoms with Gasteiger partial charge in [0.1, 0.15) is 12.2 Å². The third-order valence-electron chi connectivity index (χ3n) is 1.18. The fourth-order valence-electron chi connectivity index (χ4n) is 0.729. The smallest absolute Gasteiger partial charge is 0.257 e. The van der Waals surface area contributed by atoms with E-state index < -0.39 is 13.0 Å². The maximum Gasteiger partial charge on any atom is 0.257 e. The van der Waals surface area contributed by atoms with E-state index in [9.17, 15) is 13.6 Å². The molecule has 0 amide bonds. The lowest BCUT2D eigenvalue weighted by molar-refractivity contribution is 0.110. The molecular weight excluding hydrogens is 281 g/mol. The molecular formula is C6H5F2IN2O. The van der Waals surface area contributed by atoms with Crippen LogP contribution in [0.5, 0.6) is 0 Å². The molecule has 66 valence electrons. The number of rotatable bonds is 3. The van der Waals surface area contributed by atoms with E-state index in [4.69, 9.17) is 0 Å². The van der Waals surface area contributed by atoms with Crippen LogP contribution in [0.2, 0.25) is 0 Å². The highest BCUT2D eigenvalue weighted by molar-refractivity contribution is 14.1. The van der Waals surface area contributed by atoms with Crippen molar-refractivity contribution in [3.63, 3.8) is 0 Å². The summed E-state index contributed by atoms with van der Waals surface area (Å²) >= 11 is 1.85. The molecule has 3 nitrogen and oxygen atoms in total. The number of nitrogens with zero attached hydrogens (tertiary/aromatic N) is 2. The Morgan fingerprint density at radius 1 is 1.75 bits per heavy atom. The van der Waals surface area contributed by atoms with Crippen molar-refractivity contribution in [2.45, 2.75) is 13.0 Å². The third-order valence-corrected chi connectivity index (χ3v) is 2.05. The molecule has 0 spiro atoms. The molecule has 12 heavy (non-hydrogen) atoms. The molecule has 1 rings (SSSR count). The van der Waals surface area contributed by atoms with Crippen LogP contribution in [-0.2, 0) is 6.54 Å². The van der Waals surface area contributed by atoms with E-state index in [-0.39, 0.29) is 5.69 Å². The molecule has 0 bridgehead atoms. The molecule has 1 aromatic rings. The normalized spacial score (nSPS) is 10.7. The second-order valence-electron chi connectivity index (χ2n) is 2.08. The first-order valence-corrected chi connectivity index (χ1v) is 4.18. The van der Waals surface area contributed by atoms with Gasteiger partial charge in [0.2, 0.25) is 0 Å². The van der Waals surface area contributed by atoms with Gasteiger partial charge < -0.3 is 0 Å². The SMILES string of the molecule is O=Cc1cc(I)n(CC(F)F)n1. The van der Waals surface area contributed by atoms with Gasteiger partial charge in [-0.15, -0.1) is 0 Å². The lowest BCUT2D eigenvalue weighted by Gasteiger charge is -2.00. The number of carbonyl (C=O) groups is 1. The summed E-state index contributed by atoms with van der Waals surface area (Å²) in [7, 11) is 0. The Labute approximate surface area is 80.9 Å². The average molecular weight is 286 g/mol. The molecule has 0 radical (unpaired) electrons. The molecule has 1 heterocycles. The fourth-order valence-corrected chi connectivity index (χ4v) is 1.35. The van der Waals surface area contributed by atoms with Crippen molar-refractivity contribution in [2.24, 2.45) is 0 Å². The molecule has 0 atom stereocenters. The van der Waals surface area contributed by atoms with Crippen molar-refractivity contribution in [3.05, 3.63) is 15.5 Å². The largest absolute Gasteiger partial charge is 0.296 e. The third kappa shape index (κ3) is 2.23. The van der Waals surface area contributed by atoms with Crippen molar-refractivity contribution in [1.29, 1.82) is 0 Å². The first-order valence-electron chi connectivity index (χ1n) is 3.10. The molecule has 0 aliphatic carbocycles. The number of alkyl halides is 2. The summed E-state index contributed by atoms with van der Waals surface area (Å²) in [5, 5.41) is 3.63. The Bertz CT molecular complexity index is 287. The maximum atomic E-state index is 11.9. The number of hydrogen-bond acceptors (Lipinski definition) is 2. The van der Waals surface area contributed by atoms with Crippen LogP contribution < -0.4 is 0 Å². The number of carbonyl (C=O) groups excluding carboxylic acids is 1. The minimum Gasteiger partial charge on any atom is -0.296 e. The minimum atomic E-state index is -2.45. The molecule has 0 aromatic carbocycles. The first-order chi connectivity index (χ1) is 5.63. The monoisotopic (exact) mass is 286 g/mol. The predicted molar refractivity (Wildman–Crippen MR) is 46.3 cm³/mol. The van der Waals surface area contributed by atoms with E-state index in [1.54, 1.807) is 0 Å². The van der Waals surface area contributed by atoms with Crippen LogP contribution in [0, 0.1) is 3.70 Å². The van der Waals surface area contributed by atoms with Gasteiger partial charge in [0.05, 0.1) is 3.70 Å². The van der Waals surface area contributed by atoms with Gasteiger partial charge in [0.25, 0.3) is 6.43 Å². The summed E-state index contributed by atoms with van der Waals surface area (Å²) < 4.78 is 25.4. The minimum absolute atomic E-state index is 0.181. The first kappa shape index (κ1) is 9.56. The van der Waals surface area contributed by atoms with E-state index in [0.717, 1.165) is 4.68 Å². The molecule has 0 unspecified atom stereocenters. The van der Waals surface area contributed by atoms with Gasteiger partial charge in [-0.2, -0.15) is 5.10 Å². The lowest BCUT2D eigenvalue weighted by atomic mass is 10.5. The van der Waals surface area contributed by atoms with Crippen molar-refractivity contribution in [3.8, 4) is 0 Å². The van der Waals surface area contributed by atoms with Gasteiger partial charge in [-0.25, -0.2) is 8.78 Å². The Morgan fingerprint density at radius 3 is 2.83 bits per heavy atom. The molecule has 0 saturated heterocycles. The zero-order chi connectivity index (χ0) is 9.14. The summed E-state index contributed by atoms with van der Waals surface area (Å²) in [5.41, 5.74) is 0.181. The van der Waals surface area contributed by atoms with Gasteiger partial charge >= 0.3 is 0 Å². The molecule has 0 N–H and O–H groups in total. The van der Waals surface area contributed by atoms with Crippen LogP contribution in [0.15, 0.2) is 6.07 Å².